The molecule has 0 spiro atoms. The van der Waals surface area contributed by atoms with Gasteiger partial charge in [0.05, 0.1) is 10.5 Å². The molecule has 0 radical (unpaired) electrons. The van der Waals surface area contributed by atoms with Crippen LogP contribution in [0, 0.1) is 5.92 Å². The number of rotatable bonds is 4. The van der Waals surface area contributed by atoms with Gasteiger partial charge in [-0.2, -0.15) is 13.2 Å². The van der Waals surface area contributed by atoms with E-state index in [4.69, 9.17) is 0 Å². The summed E-state index contributed by atoms with van der Waals surface area (Å²) in [6, 6.07) is 4.19. The predicted octanol–water partition coefficient (Wildman–Crippen LogP) is 2.39. The van der Waals surface area contributed by atoms with Crippen LogP contribution in [0.4, 0.5) is 13.2 Å². The van der Waals surface area contributed by atoms with Crippen LogP contribution in [-0.2, 0) is 16.2 Å². The molecule has 0 amide bonds. The first kappa shape index (κ1) is 13.4. The Hall–Kier alpha value is -1.08. The summed E-state index contributed by atoms with van der Waals surface area (Å²) in [6.45, 7) is 0.203. The lowest BCUT2D eigenvalue weighted by molar-refractivity contribution is -0.139. The molecule has 100 valence electrons. The summed E-state index contributed by atoms with van der Waals surface area (Å²) in [6.07, 6.45) is -2.84. The van der Waals surface area contributed by atoms with Crippen LogP contribution in [-0.4, -0.2) is 15.0 Å². The van der Waals surface area contributed by atoms with Crippen LogP contribution in [0.2, 0.25) is 0 Å². The van der Waals surface area contributed by atoms with Gasteiger partial charge in [0, 0.05) is 6.54 Å². The van der Waals surface area contributed by atoms with E-state index in [1.807, 2.05) is 0 Å². The van der Waals surface area contributed by atoms with Gasteiger partial charge in [0.15, 0.2) is 0 Å². The molecule has 3 nitrogen and oxygen atoms in total. The van der Waals surface area contributed by atoms with E-state index in [2.05, 4.69) is 4.72 Å². The van der Waals surface area contributed by atoms with E-state index in [0.717, 1.165) is 25.0 Å². The predicted molar refractivity (Wildman–Crippen MR) is 59.4 cm³/mol. The van der Waals surface area contributed by atoms with Crippen molar-refractivity contribution in [1.82, 2.24) is 4.72 Å². The summed E-state index contributed by atoms with van der Waals surface area (Å²) in [7, 11) is -4.10. The van der Waals surface area contributed by atoms with Crippen molar-refractivity contribution in [3.05, 3.63) is 29.8 Å². The molecule has 0 unspecified atom stereocenters. The topological polar surface area (TPSA) is 46.2 Å². The van der Waals surface area contributed by atoms with Gasteiger partial charge in [-0.15, -0.1) is 0 Å². The second kappa shape index (κ2) is 4.55. The van der Waals surface area contributed by atoms with Crippen LogP contribution in [0.5, 0.6) is 0 Å². The van der Waals surface area contributed by atoms with E-state index in [0.29, 0.717) is 0 Å². The SMILES string of the molecule is O=S(=O)(NCC1CC1)c1ccccc1C(F)(F)F. The minimum atomic E-state index is -4.68. The van der Waals surface area contributed by atoms with Crippen molar-refractivity contribution in [3.63, 3.8) is 0 Å². The molecule has 1 aromatic carbocycles. The fourth-order valence-electron chi connectivity index (χ4n) is 1.56. The molecule has 0 heterocycles. The molecular formula is C11H12F3NO2S. The van der Waals surface area contributed by atoms with Crippen molar-refractivity contribution in [2.45, 2.75) is 23.9 Å². The van der Waals surface area contributed by atoms with Gasteiger partial charge in [-0.05, 0) is 30.9 Å². The second-order valence-corrected chi connectivity index (χ2v) is 6.02. The number of hydrogen-bond donors (Lipinski definition) is 1. The average Bonchev–Trinajstić information content (AvgIpc) is 3.09. The van der Waals surface area contributed by atoms with E-state index < -0.39 is 26.7 Å². The number of nitrogens with one attached hydrogen (secondary N) is 1. The zero-order chi connectivity index (χ0) is 13.4. The maximum atomic E-state index is 12.7. The highest BCUT2D eigenvalue weighted by molar-refractivity contribution is 7.89. The standard InChI is InChI=1S/C11H12F3NO2S/c12-11(13,14)9-3-1-2-4-10(9)18(16,17)15-7-8-5-6-8/h1-4,8,15H,5-7H2. The van der Waals surface area contributed by atoms with Gasteiger partial charge in [0.25, 0.3) is 0 Å². The molecular weight excluding hydrogens is 267 g/mol. The lowest BCUT2D eigenvalue weighted by Gasteiger charge is -2.13. The third-order valence-electron chi connectivity index (χ3n) is 2.74. The number of hydrogen-bond acceptors (Lipinski definition) is 2. The van der Waals surface area contributed by atoms with Crippen molar-refractivity contribution < 1.29 is 21.6 Å². The van der Waals surface area contributed by atoms with Crippen molar-refractivity contribution in [2.75, 3.05) is 6.54 Å². The Kier molecular flexibility index (Phi) is 3.37. The molecule has 1 fully saturated rings. The summed E-state index contributed by atoms with van der Waals surface area (Å²) in [5.74, 6) is 0.262. The summed E-state index contributed by atoms with van der Waals surface area (Å²) in [4.78, 5) is -0.710. The number of benzene rings is 1. The summed E-state index contributed by atoms with van der Waals surface area (Å²) in [5, 5.41) is 0. The minimum absolute atomic E-state index is 0.203. The zero-order valence-corrected chi connectivity index (χ0v) is 10.2. The maximum absolute atomic E-state index is 12.7. The smallest absolute Gasteiger partial charge is 0.211 e. The molecule has 0 saturated heterocycles. The van der Waals surface area contributed by atoms with Crippen LogP contribution in [0.3, 0.4) is 0 Å². The highest BCUT2D eigenvalue weighted by Crippen LogP contribution is 2.34. The third kappa shape index (κ3) is 3.02. The van der Waals surface area contributed by atoms with E-state index >= 15 is 0 Å². The summed E-state index contributed by atoms with van der Waals surface area (Å²) in [5.41, 5.74) is -1.13. The quantitative estimate of drug-likeness (QED) is 0.920. The molecule has 7 heteroatoms. The van der Waals surface area contributed by atoms with Gasteiger partial charge >= 0.3 is 6.18 Å². The van der Waals surface area contributed by atoms with Gasteiger partial charge in [-0.25, -0.2) is 13.1 Å². The highest BCUT2D eigenvalue weighted by Gasteiger charge is 2.37. The van der Waals surface area contributed by atoms with Crippen molar-refractivity contribution in [2.24, 2.45) is 5.92 Å². The number of sulfonamides is 1. The van der Waals surface area contributed by atoms with E-state index in [-0.39, 0.29) is 12.5 Å². The Morgan fingerprint density at radius 3 is 2.39 bits per heavy atom. The normalized spacial score (nSPS) is 16.8. The molecule has 1 aliphatic rings. The highest BCUT2D eigenvalue weighted by atomic mass is 32.2. The van der Waals surface area contributed by atoms with Crippen LogP contribution in [0.1, 0.15) is 18.4 Å². The largest absolute Gasteiger partial charge is 0.417 e. The molecule has 1 N–H and O–H groups in total. The molecule has 0 bridgehead atoms. The van der Waals surface area contributed by atoms with Gasteiger partial charge < -0.3 is 0 Å². The Balaban J connectivity index is 2.31. The van der Waals surface area contributed by atoms with Gasteiger partial charge in [-0.1, -0.05) is 12.1 Å². The van der Waals surface area contributed by atoms with Crippen molar-refractivity contribution in [3.8, 4) is 0 Å². The van der Waals surface area contributed by atoms with E-state index in [9.17, 15) is 21.6 Å². The summed E-state index contributed by atoms with van der Waals surface area (Å²) < 4.78 is 64.0. The first-order chi connectivity index (χ1) is 8.31. The van der Waals surface area contributed by atoms with Crippen LogP contribution < -0.4 is 4.72 Å². The van der Waals surface area contributed by atoms with Gasteiger partial charge in [-0.3, -0.25) is 0 Å². The minimum Gasteiger partial charge on any atom is -0.211 e. The fourth-order valence-corrected chi connectivity index (χ4v) is 2.90. The maximum Gasteiger partial charge on any atom is 0.417 e. The number of alkyl halides is 3. The molecule has 1 aromatic rings. The number of halogens is 3. The first-order valence-corrected chi connectivity index (χ1v) is 6.95. The molecule has 2 rings (SSSR count). The molecule has 0 atom stereocenters. The monoisotopic (exact) mass is 279 g/mol. The van der Waals surface area contributed by atoms with Crippen molar-refractivity contribution >= 4 is 10.0 Å². The van der Waals surface area contributed by atoms with Crippen LogP contribution in [0.25, 0.3) is 0 Å². The van der Waals surface area contributed by atoms with Crippen LogP contribution in [0.15, 0.2) is 29.2 Å². The second-order valence-electron chi connectivity index (χ2n) is 4.29. The van der Waals surface area contributed by atoms with E-state index in [1.54, 1.807) is 0 Å². The van der Waals surface area contributed by atoms with Crippen molar-refractivity contribution in [1.29, 1.82) is 0 Å². The lowest BCUT2D eigenvalue weighted by atomic mass is 10.2. The Labute approximate surface area is 103 Å². The lowest BCUT2D eigenvalue weighted by Crippen LogP contribution is -2.28. The average molecular weight is 279 g/mol. The molecule has 0 aromatic heterocycles. The van der Waals surface area contributed by atoms with Gasteiger partial charge in [0.1, 0.15) is 0 Å². The molecule has 0 aliphatic heterocycles. The first-order valence-electron chi connectivity index (χ1n) is 5.46. The van der Waals surface area contributed by atoms with E-state index in [1.165, 1.54) is 12.1 Å². The molecule has 1 aliphatic carbocycles. The Morgan fingerprint density at radius 2 is 1.83 bits per heavy atom. The Morgan fingerprint density at radius 1 is 1.22 bits per heavy atom. The fraction of sp³-hybridized carbons (Fsp3) is 0.455. The Bertz CT molecular complexity index is 535. The van der Waals surface area contributed by atoms with Crippen LogP contribution >= 0.6 is 0 Å². The molecule has 18 heavy (non-hydrogen) atoms. The summed E-state index contributed by atoms with van der Waals surface area (Å²) >= 11 is 0. The zero-order valence-electron chi connectivity index (χ0n) is 9.37. The molecule has 1 saturated carbocycles. The third-order valence-corrected chi connectivity index (χ3v) is 4.22. The van der Waals surface area contributed by atoms with Gasteiger partial charge in [0.2, 0.25) is 10.0 Å².